The van der Waals surface area contributed by atoms with E-state index in [1.807, 2.05) is 0 Å². The predicted molar refractivity (Wildman–Crippen MR) is 80.6 cm³/mol. The van der Waals surface area contributed by atoms with E-state index >= 15 is 0 Å². The van der Waals surface area contributed by atoms with Crippen LogP contribution >= 0.6 is 0 Å². The minimum absolute atomic E-state index is 0.00113. The Morgan fingerprint density at radius 1 is 1.26 bits per heavy atom. The molecule has 0 spiro atoms. The quantitative estimate of drug-likeness (QED) is 0.772. The Morgan fingerprint density at radius 2 is 1.96 bits per heavy atom. The number of esters is 1. The Kier molecular flexibility index (Phi) is 5.70. The van der Waals surface area contributed by atoms with Crippen LogP contribution in [0.1, 0.15) is 18.4 Å². The van der Waals surface area contributed by atoms with Crippen LogP contribution in [0.15, 0.2) is 24.3 Å². The number of sulfone groups is 1. The van der Waals surface area contributed by atoms with Crippen molar-refractivity contribution in [2.45, 2.75) is 19.4 Å². The molecule has 0 unspecified atom stereocenters. The first-order valence-corrected chi connectivity index (χ1v) is 9.03. The van der Waals surface area contributed by atoms with Crippen molar-refractivity contribution in [2.24, 2.45) is 5.92 Å². The second-order valence-electron chi connectivity index (χ2n) is 5.54. The van der Waals surface area contributed by atoms with Gasteiger partial charge in [0.2, 0.25) is 0 Å². The van der Waals surface area contributed by atoms with Crippen molar-refractivity contribution in [3.8, 4) is 0 Å². The van der Waals surface area contributed by atoms with Gasteiger partial charge in [-0.2, -0.15) is 0 Å². The monoisotopic (exact) mass is 343 g/mol. The van der Waals surface area contributed by atoms with Crippen LogP contribution in [-0.2, 0) is 30.7 Å². The van der Waals surface area contributed by atoms with Gasteiger partial charge in [0.25, 0.3) is 5.91 Å². The fraction of sp³-hybridized carbons (Fsp3) is 0.467. The van der Waals surface area contributed by atoms with Gasteiger partial charge < -0.3 is 10.1 Å². The molecule has 1 amide bonds. The van der Waals surface area contributed by atoms with E-state index in [0.29, 0.717) is 6.42 Å². The van der Waals surface area contributed by atoms with Crippen molar-refractivity contribution < 1.29 is 27.1 Å². The van der Waals surface area contributed by atoms with E-state index in [2.05, 4.69) is 5.32 Å². The average Bonchev–Trinajstić information content (AvgIpc) is 2.83. The molecule has 6 nitrogen and oxygen atoms in total. The summed E-state index contributed by atoms with van der Waals surface area (Å²) >= 11 is 0. The van der Waals surface area contributed by atoms with Crippen LogP contribution < -0.4 is 5.32 Å². The van der Waals surface area contributed by atoms with Crippen molar-refractivity contribution in [2.75, 3.05) is 18.1 Å². The SMILES string of the molecule is O=C(COC(=O)C[C@@H]1CCS(=O)(=O)C1)NCc1ccc(F)cc1. The zero-order valence-electron chi connectivity index (χ0n) is 12.5. The topological polar surface area (TPSA) is 89.5 Å². The fourth-order valence-electron chi connectivity index (χ4n) is 2.33. The molecule has 1 heterocycles. The van der Waals surface area contributed by atoms with Gasteiger partial charge in [0.05, 0.1) is 11.5 Å². The molecular weight excluding hydrogens is 325 g/mol. The number of nitrogens with one attached hydrogen (secondary N) is 1. The lowest BCUT2D eigenvalue weighted by atomic mass is 10.1. The maximum Gasteiger partial charge on any atom is 0.306 e. The zero-order valence-corrected chi connectivity index (χ0v) is 13.3. The summed E-state index contributed by atoms with van der Waals surface area (Å²) < 4.78 is 40.1. The Bertz CT molecular complexity index is 672. The van der Waals surface area contributed by atoms with Crippen LogP contribution in [0.4, 0.5) is 4.39 Å². The molecule has 8 heteroatoms. The Balaban J connectivity index is 1.66. The third-order valence-electron chi connectivity index (χ3n) is 3.55. The van der Waals surface area contributed by atoms with Gasteiger partial charge in [0.15, 0.2) is 16.4 Å². The second kappa shape index (κ2) is 7.54. The highest BCUT2D eigenvalue weighted by Crippen LogP contribution is 2.21. The van der Waals surface area contributed by atoms with Crippen LogP contribution in [0.3, 0.4) is 0 Å². The number of amides is 1. The van der Waals surface area contributed by atoms with Crippen LogP contribution in [-0.4, -0.2) is 38.4 Å². The normalized spacial score (nSPS) is 19.3. The number of carbonyl (C=O) groups is 2. The van der Waals surface area contributed by atoms with Gasteiger partial charge in [0, 0.05) is 13.0 Å². The minimum atomic E-state index is -3.03. The molecule has 0 saturated carbocycles. The van der Waals surface area contributed by atoms with Crippen LogP contribution in [0.5, 0.6) is 0 Å². The van der Waals surface area contributed by atoms with Gasteiger partial charge >= 0.3 is 5.97 Å². The third-order valence-corrected chi connectivity index (χ3v) is 5.39. The van der Waals surface area contributed by atoms with Crippen molar-refractivity contribution >= 4 is 21.7 Å². The molecule has 126 valence electrons. The number of benzene rings is 1. The fourth-order valence-corrected chi connectivity index (χ4v) is 4.19. The standard InChI is InChI=1S/C15H18FNO5S/c16-13-3-1-11(2-4-13)8-17-14(18)9-22-15(19)7-12-5-6-23(20,21)10-12/h1-4,12H,5-10H2,(H,17,18)/t12-/m0/s1. The molecule has 1 aliphatic heterocycles. The summed E-state index contributed by atoms with van der Waals surface area (Å²) in [6.07, 6.45) is 0.457. The van der Waals surface area contributed by atoms with Crippen molar-refractivity contribution in [3.05, 3.63) is 35.6 Å². The van der Waals surface area contributed by atoms with E-state index in [1.54, 1.807) is 12.1 Å². The maximum atomic E-state index is 12.7. The molecule has 1 saturated heterocycles. The van der Waals surface area contributed by atoms with Gasteiger partial charge in [0.1, 0.15) is 5.82 Å². The molecule has 23 heavy (non-hydrogen) atoms. The van der Waals surface area contributed by atoms with Crippen molar-refractivity contribution in [1.29, 1.82) is 0 Å². The summed E-state index contributed by atoms with van der Waals surface area (Å²) in [5, 5.41) is 2.55. The second-order valence-corrected chi connectivity index (χ2v) is 7.77. The number of carbonyl (C=O) groups excluding carboxylic acids is 2. The molecule has 1 fully saturated rings. The molecule has 2 rings (SSSR count). The lowest BCUT2D eigenvalue weighted by Gasteiger charge is -2.09. The first-order chi connectivity index (χ1) is 10.8. The molecular formula is C15H18FNO5S. The van der Waals surface area contributed by atoms with Gasteiger partial charge in [-0.3, -0.25) is 9.59 Å². The van der Waals surface area contributed by atoms with E-state index in [-0.39, 0.29) is 36.2 Å². The third kappa shape index (κ3) is 5.97. The first-order valence-electron chi connectivity index (χ1n) is 7.21. The van der Waals surface area contributed by atoms with Gasteiger partial charge in [-0.1, -0.05) is 12.1 Å². The minimum Gasteiger partial charge on any atom is -0.456 e. The molecule has 1 aromatic rings. The summed E-state index contributed by atoms with van der Waals surface area (Å²) in [5.41, 5.74) is 0.724. The Morgan fingerprint density at radius 3 is 2.57 bits per heavy atom. The molecule has 1 N–H and O–H groups in total. The molecule has 0 aromatic heterocycles. The highest BCUT2D eigenvalue weighted by atomic mass is 32.2. The molecule has 1 atom stereocenters. The largest absolute Gasteiger partial charge is 0.456 e. The van der Waals surface area contributed by atoms with Gasteiger partial charge in [-0.25, -0.2) is 12.8 Å². The van der Waals surface area contributed by atoms with E-state index in [1.165, 1.54) is 12.1 Å². The molecule has 1 aliphatic rings. The van der Waals surface area contributed by atoms with Crippen LogP contribution in [0.25, 0.3) is 0 Å². The maximum absolute atomic E-state index is 12.7. The summed E-state index contributed by atoms with van der Waals surface area (Å²) in [4.78, 5) is 23.2. The zero-order chi connectivity index (χ0) is 16.9. The average molecular weight is 343 g/mol. The Labute approximate surface area is 133 Å². The molecule has 0 radical (unpaired) electrons. The smallest absolute Gasteiger partial charge is 0.306 e. The highest BCUT2D eigenvalue weighted by molar-refractivity contribution is 7.91. The summed E-state index contributed by atoms with van der Waals surface area (Å²) in [5.74, 6) is -1.54. The van der Waals surface area contributed by atoms with Crippen LogP contribution in [0, 0.1) is 11.7 Å². The predicted octanol–water partition coefficient (Wildman–Crippen LogP) is 0.810. The van der Waals surface area contributed by atoms with Crippen molar-refractivity contribution in [3.63, 3.8) is 0 Å². The summed E-state index contributed by atoms with van der Waals surface area (Å²) in [7, 11) is -3.03. The Hall–Kier alpha value is -1.96. The molecule has 0 aliphatic carbocycles. The lowest BCUT2D eigenvalue weighted by molar-refractivity contribution is -0.149. The number of ether oxygens (including phenoxy) is 1. The number of halogens is 1. The summed E-state index contributed by atoms with van der Waals surface area (Å²) in [6, 6.07) is 5.67. The van der Waals surface area contributed by atoms with Crippen LogP contribution in [0.2, 0.25) is 0 Å². The van der Waals surface area contributed by atoms with Crippen molar-refractivity contribution in [1.82, 2.24) is 5.32 Å². The number of hydrogen-bond donors (Lipinski definition) is 1. The lowest BCUT2D eigenvalue weighted by Crippen LogP contribution is -2.28. The molecule has 1 aromatic carbocycles. The number of hydrogen-bond acceptors (Lipinski definition) is 5. The van der Waals surface area contributed by atoms with E-state index in [0.717, 1.165) is 5.56 Å². The van der Waals surface area contributed by atoms with E-state index in [9.17, 15) is 22.4 Å². The first kappa shape index (κ1) is 17.4. The van der Waals surface area contributed by atoms with E-state index < -0.39 is 28.3 Å². The summed E-state index contributed by atoms with van der Waals surface area (Å²) in [6.45, 7) is -0.211. The number of rotatable bonds is 6. The molecule has 0 bridgehead atoms. The van der Waals surface area contributed by atoms with Gasteiger partial charge in [-0.05, 0) is 30.0 Å². The van der Waals surface area contributed by atoms with Gasteiger partial charge in [-0.15, -0.1) is 0 Å². The van der Waals surface area contributed by atoms with E-state index in [4.69, 9.17) is 4.74 Å². The highest BCUT2D eigenvalue weighted by Gasteiger charge is 2.29.